The van der Waals surface area contributed by atoms with E-state index in [1.807, 2.05) is 43.5 Å². The number of benzene rings is 1. The zero-order valence-corrected chi connectivity index (χ0v) is 11.5. The zero-order chi connectivity index (χ0) is 11.7. The van der Waals surface area contributed by atoms with Crippen LogP contribution in [0.4, 0.5) is 0 Å². The van der Waals surface area contributed by atoms with E-state index < -0.39 is 0 Å². The maximum Gasteiger partial charge on any atom is 0.193 e. The van der Waals surface area contributed by atoms with Crippen molar-refractivity contribution < 1.29 is 4.79 Å². The molecule has 0 saturated carbocycles. The fourth-order valence-corrected chi connectivity index (χ4v) is 2.62. The van der Waals surface area contributed by atoms with Crippen LogP contribution in [0.15, 0.2) is 33.4 Å². The van der Waals surface area contributed by atoms with E-state index in [9.17, 15) is 4.79 Å². The first kappa shape index (κ1) is 11.6. The van der Waals surface area contributed by atoms with Gasteiger partial charge in [0.05, 0.1) is 3.79 Å². The van der Waals surface area contributed by atoms with Gasteiger partial charge in [-0.3, -0.25) is 4.79 Å². The molecule has 0 unspecified atom stereocenters. The fraction of sp³-hybridized carbons (Fsp3) is 0.154. The minimum absolute atomic E-state index is 0.0880. The summed E-state index contributed by atoms with van der Waals surface area (Å²) in [4.78, 5) is 12.1. The molecule has 3 heteroatoms. The summed E-state index contributed by atoms with van der Waals surface area (Å²) in [5.74, 6) is 0.0880. The summed E-state index contributed by atoms with van der Waals surface area (Å²) in [5.41, 5.74) is 3.87. The SMILES string of the molecule is Cc1ccc(C(=O)c2csc(Br)c2)cc1C. The van der Waals surface area contributed by atoms with Gasteiger partial charge in [0.1, 0.15) is 0 Å². The van der Waals surface area contributed by atoms with Gasteiger partial charge in [0.25, 0.3) is 0 Å². The van der Waals surface area contributed by atoms with Gasteiger partial charge in [-0.2, -0.15) is 0 Å². The summed E-state index contributed by atoms with van der Waals surface area (Å²) in [6, 6.07) is 7.69. The second-order valence-electron chi connectivity index (χ2n) is 3.77. The summed E-state index contributed by atoms with van der Waals surface area (Å²) >= 11 is 4.90. The van der Waals surface area contributed by atoms with E-state index in [-0.39, 0.29) is 5.78 Å². The van der Waals surface area contributed by atoms with E-state index >= 15 is 0 Å². The van der Waals surface area contributed by atoms with E-state index in [1.54, 1.807) is 0 Å². The average Bonchev–Trinajstić information content (AvgIpc) is 2.68. The van der Waals surface area contributed by atoms with Gasteiger partial charge in [-0.05, 0) is 53.0 Å². The summed E-state index contributed by atoms with van der Waals surface area (Å²) < 4.78 is 0.986. The molecule has 0 saturated heterocycles. The Morgan fingerprint density at radius 2 is 1.88 bits per heavy atom. The molecule has 0 bridgehead atoms. The Morgan fingerprint density at radius 3 is 2.44 bits per heavy atom. The predicted molar refractivity (Wildman–Crippen MR) is 71.4 cm³/mol. The van der Waals surface area contributed by atoms with Gasteiger partial charge in [-0.25, -0.2) is 0 Å². The first-order valence-corrected chi connectivity index (χ1v) is 6.61. The van der Waals surface area contributed by atoms with Crippen LogP contribution in [0.3, 0.4) is 0 Å². The van der Waals surface area contributed by atoms with Crippen molar-refractivity contribution in [2.45, 2.75) is 13.8 Å². The number of hydrogen-bond acceptors (Lipinski definition) is 2. The largest absolute Gasteiger partial charge is 0.289 e. The lowest BCUT2D eigenvalue weighted by molar-refractivity contribution is 0.103. The smallest absolute Gasteiger partial charge is 0.193 e. The van der Waals surface area contributed by atoms with Crippen LogP contribution in [0.1, 0.15) is 27.0 Å². The van der Waals surface area contributed by atoms with E-state index in [1.165, 1.54) is 16.9 Å². The third-order valence-corrected chi connectivity index (χ3v) is 4.10. The molecule has 0 aliphatic carbocycles. The van der Waals surface area contributed by atoms with Crippen LogP contribution in [0, 0.1) is 13.8 Å². The summed E-state index contributed by atoms with van der Waals surface area (Å²) in [6.07, 6.45) is 0. The first-order valence-electron chi connectivity index (χ1n) is 4.94. The van der Waals surface area contributed by atoms with Gasteiger partial charge in [-0.1, -0.05) is 12.1 Å². The maximum atomic E-state index is 12.1. The normalized spacial score (nSPS) is 10.4. The van der Waals surface area contributed by atoms with E-state index in [4.69, 9.17) is 0 Å². The number of carbonyl (C=O) groups is 1. The Bertz CT molecular complexity index is 543. The highest BCUT2D eigenvalue weighted by Gasteiger charge is 2.11. The Balaban J connectivity index is 2.38. The van der Waals surface area contributed by atoms with Gasteiger partial charge in [-0.15, -0.1) is 11.3 Å². The van der Waals surface area contributed by atoms with Crippen LogP contribution in [0.25, 0.3) is 0 Å². The van der Waals surface area contributed by atoms with Crippen molar-refractivity contribution in [3.63, 3.8) is 0 Å². The van der Waals surface area contributed by atoms with Gasteiger partial charge in [0.2, 0.25) is 0 Å². The highest BCUT2D eigenvalue weighted by atomic mass is 79.9. The van der Waals surface area contributed by atoms with Crippen LogP contribution < -0.4 is 0 Å². The number of carbonyl (C=O) groups excluding carboxylic acids is 1. The molecule has 0 radical (unpaired) electrons. The minimum Gasteiger partial charge on any atom is -0.289 e. The fourth-order valence-electron chi connectivity index (χ4n) is 1.48. The molecule has 16 heavy (non-hydrogen) atoms. The first-order chi connectivity index (χ1) is 7.58. The molecule has 0 fully saturated rings. The van der Waals surface area contributed by atoms with Crippen molar-refractivity contribution in [1.29, 1.82) is 0 Å². The number of halogens is 1. The zero-order valence-electron chi connectivity index (χ0n) is 9.08. The maximum absolute atomic E-state index is 12.1. The van der Waals surface area contributed by atoms with Crippen LogP contribution in [-0.4, -0.2) is 5.78 Å². The molecule has 1 aromatic carbocycles. The number of aryl methyl sites for hydroxylation is 2. The lowest BCUT2D eigenvalue weighted by Gasteiger charge is -2.03. The number of thiophene rings is 1. The molecule has 0 aliphatic heterocycles. The van der Waals surface area contributed by atoms with E-state index in [0.29, 0.717) is 0 Å². The molecule has 0 aliphatic rings. The second kappa shape index (κ2) is 4.52. The van der Waals surface area contributed by atoms with Gasteiger partial charge in [0.15, 0.2) is 5.78 Å². The Hall–Kier alpha value is -0.930. The third kappa shape index (κ3) is 2.25. The van der Waals surface area contributed by atoms with Crippen molar-refractivity contribution in [2.75, 3.05) is 0 Å². The minimum atomic E-state index is 0.0880. The molecule has 82 valence electrons. The van der Waals surface area contributed by atoms with Crippen molar-refractivity contribution in [3.05, 3.63) is 55.7 Å². The topological polar surface area (TPSA) is 17.1 Å². The van der Waals surface area contributed by atoms with Crippen LogP contribution in [-0.2, 0) is 0 Å². The molecule has 0 amide bonds. The highest BCUT2D eigenvalue weighted by Crippen LogP contribution is 2.23. The van der Waals surface area contributed by atoms with Crippen molar-refractivity contribution in [3.8, 4) is 0 Å². The summed E-state index contributed by atoms with van der Waals surface area (Å²) in [7, 11) is 0. The van der Waals surface area contributed by atoms with Gasteiger partial charge in [0, 0.05) is 16.5 Å². The Kier molecular flexibility index (Phi) is 3.26. The predicted octanol–water partition coefficient (Wildman–Crippen LogP) is 4.36. The monoisotopic (exact) mass is 294 g/mol. The van der Waals surface area contributed by atoms with Gasteiger partial charge < -0.3 is 0 Å². The van der Waals surface area contributed by atoms with Crippen LogP contribution in [0.5, 0.6) is 0 Å². The lowest BCUT2D eigenvalue weighted by Crippen LogP contribution is -2.00. The average molecular weight is 295 g/mol. The molecule has 1 aromatic heterocycles. The molecule has 0 atom stereocenters. The van der Waals surface area contributed by atoms with Crippen LogP contribution >= 0.6 is 27.3 Å². The second-order valence-corrected chi connectivity index (χ2v) is 6.06. The third-order valence-electron chi connectivity index (χ3n) is 2.60. The molecular weight excluding hydrogens is 284 g/mol. The molecule has 1 heterocycles. The molecule has 0 N–H and O–H groups in total. The Morgan fingerprint density at radius 1 is 1.12 bits per heavy atom. The van der Waals surface area contributed by atoms with Crippen LogP contribution in [0.2, 0.25) is 0 Å². The van der Waals surface area contributed by atoms with Crippen molar-refractivity contribution in [1.82, 2.24) is 0 Å². The molecule has 2 aromatic rings. The number of hydrogen-bond donors (Lipinski definition) is 0. The quantitative estimate of drug-likeness (QED) is 0.752. The van der Waals surface area contributed by atoms with E-state index in [0.717, 1.165) is 20.5 Å². The summed E-state index contributed by atoms with van der Waals surface area (Å²) in [6.45, 7) is 4.07. The standard InChI is InChI=1S/C13H11BrOS/c1-8-3-4-10(5-9(8)2)13(15)11-6-12(14)16-7-11/h3-7H,1-2H3. The van der Waals surface area contributed by atoms with Crippen molar-refractivity contribution in [2.24, 2.45) is 0 Å². The van der Waals surface area contributed by atoms with E-state index in [2.05, 4.69) is 15.9 Å². The highest BCUT2D eigenvalue weighted by molar-refractivity contribution is 9.11. The summed E-state index contributed by atoms with van der Waals surface area (Å²) in [5, 5.41) is 1.88. The lowest BCUT2D eigenvalue weighted by atomic mass is 10.0. The van der Waals surface area contributed by atoms with Crippen molar-refractivity contribution >= 4 is 33.0 Å². The molecular formula is C13H11BrOS. The Labute approximate surface area is 107 Å². The molecule has 2 rings (SSSR count). The molecule has 1 nitrogen and oxygen atoms in total. The molecule has 0 spiro atoms. The number of rotatable bonds is 2. The van der Waals surface area contributed by atoms with Gasteiger partial charge >= 0.3 is 0 Å². The number of ketones is 1.